The number of fused-ring (bicyclic) bond motifs is 1. The van der Waals surface area contributed by atoms with E-state index in [0.717, 1.165) is 51.5 Å². The minimum atomic E-state index is 0.0240. The molecule has 2 aliphatic heterocycles. The summed E-state index contributed by atoms with van der Waals surface area (Å²) in [5, 5.41) is 9.14. The number of rotatable bonds is 3. The molecular weight excluding hydrogens is 364 g/mol. The number of carbonyl (C=O) groups excluding carboxylic acids is 1. The predicted octanol–water partition coefficient (Wildman–Crippen LogP) is 2.15. The number of amides is 1. The van der Waals surface area contributed by atoms with Gasteiger partial charge < -0.3 is 9.80 Å². The number of hydrogen-bond donors (Lipinski definition) is 0. The molecule has 146 valence electrons. The fraction of sp³-hybridized carbons (Fsp3) is 0.632. The molecule has 2 aromatic rings. The molecule has 0 bridgehead atoms. The SMILES string of the molecule is CC(C)N1CCN(C(=O)C2CCCN(c3nnc4c(Cl)cccn34)C2)CC1. The molecule has 0 aromatic carbocycles. The lowest BCUT2D eigenvalue weighted by Crippen LogP contribution is -2.53. The number of anilines is 1. The number of piperazine rings is 1. The van der Waals surface area contributed by atoms with Gasteiger partial charge >= 0.3 is 0 Å². The predicted molar refractivity (Wildman–Crippen MR) is 106 cm³/mol. The lowest BCUT2D eigenvalue weighted by atomic mass is 9.96. The number of pyridine rings is 1. The van der Waals surface area contributed by atoms with Gasteiger partial charge in [-0.25, -0.2) is 0 Å². The Labute approximate surface area is 164 Å². The summed E-state index contributed by atoms with van der Waals surface area (Å²) < 4.78 is 1.91. The minimum Gasteiger partial charge on any atom is -0.340 e. The normalized spacial score (nSPS) is 22.0. The number of aromatic nitrogens is 3. The third-order valence-electron chi connectivity index (χ3n) is 5.78. The Hall–Kier alpha value is -1.86. The molecule has 2 fully saturated rings. The van der Waals surface area contributed by atoms with Gasteiger partial charge in [-0.3, -0.25) is 14.1 Å². The number of piperidine rings is 1. The van der Waals surface area contributed by atoms with Gasteiger partial charge in [0.05, 0.1) is 10.9 Å². The Kier molecular flexibility index (Phi) is 5.23. The number of halogens is 1. The van der Waals surface area contributed by atoms with Gasteiger partial charge in [-0.15, -0.1) is 10.2 Å². The number of hydrogen-bond acceptors (Lipinski definition) is 5. The van der Waals surface area contributed by atoms with Crippen molar-refractivity contribution in [3.05, 3.63) is 23.4 Å². The van der Waals surface area contributed by atoms with Crippen molar-refractivity contribution in [1.82, 2.24) is 24.4 Å². The maximum atomic E-state index is 13.1. The second-order valence-corrected chi connectivity index (χ2v) is 8.20. The second-order valence-electron chi connectivity index (χ2n) is 7.79. The average molecular weight is 391 g/mol. The van der Waals surface area contributed by atoms with Gasteiger partial charge in [-0.05, 0) is 38.8 Å². The van der Waals surface area contributed by atoms with E-state index in [1.807, 2.05) is 27.6 Å². The molecular formula is C19H27ClN6O. The molecule has 27 heavy (non-hydrogen) atoms. The van der Waals surface area contributed by atoms with E-state index in [4.69, 9.17) is 11.6 Å². The lowest BCUT2D eigenvalue weighted by Gasteiger charge is -2.40. The molecule has 1 amide bonds. The van der Waals surface area contributed by atoms with Gasteiger partial charge in [0, 0.05) is 51.5 Å². The summed E-state index contributed by atoms with van der Waals surface area (Å²) in [5.41, 5.74) is 0.660. The maximum absolute atomic E-state index is 13.1. The molecule has 2 aliphatic rings. The lowest BCUT2D eigenvalue weighted by molar-refractivity contribution is -0.137. The molecule has 4 rings (SSSR count). The molecule has 1 unspecified atom stereocenters. The summed E-state index contributed by atoms with van der Waals surface area (Å²) in [6.45, 7) is 9.60. The van der Waals surface area contributed by atoms with Crippen LogP contribution in [0.3, 0.4) is 0 Å². The van der Waals surface area contributed by atoms with Crippen molar-refractivity contribution >= 4 is 29.1 Å². The van der Waals surface area contributed by atoms with Gasteiger partial charge in [0.1, 0.15) is 0 Å². The highest BCUT2D eigenvalue weighted by molar-refractivity contribution is 6.33. The van der Waals surface area contributed by atoms with E-state index in [1.54, 1.807) is 0 Å². The molecule has 1 atom stereocenters. The summed E-state index contributed by atoms with van der Waals surface area (Å²) in [6, 6.07) is 4.25. The third-order valence-corrected chi connectivity index (χ3v) is 6.07. The van der Waals surface area contributed by atoms with Crippen molar-refractivity contribution in [3.8, 4) is 0 Å². The first-order chi connectivity index (χ1) is 13.0. The zero-order chi connectivity index (χ0) is 19.0. The van der Waals surface area contributed by atoms with Crippen molar-refractivity contribution in [2.24, 2.45) is 5.92 Å². The van der Waals surface area contributed by atoms with Gasteiger partial charge in [0.2, 0.25) is 11.9 Å². The van der Waals surface area contributed by atoms with Crippen LogP contribution < -0.4 is 4.90 Å². The van der Waals surface area contributed by atoms with E-state index < -0.39 is 0 Å². The van der Waals surface area contributed by atoms with Crippen molar-refractivity contribution in [1.29, 1.82) is 0 Å². The summed E-state index contributed by atoms with van der Waals surface area (Å²) in [4.78, 5) is 19.7. The monoisotopic (exact) mass is 390 g/mol. The third kappa shape index (κ3) is 3.62. The Morgan fingerprint density at radius 2 is 1.96 bits per heavy atom. The zero-order valence-electron chi connectivity index (χ0n) is 16.0. The van der Waals surface area contributed by atoms with Crippen LogP contribution >= 0.6 is 11.6 Å². The summed E-state index contributed by atoms with van der Waals surface area (Å²) in [7, 11) is 0. The average Bonchev–Trinajstić information content (AvgIpc) is 3.13. The highest BCUT2D eigenvalue weighted by Crippen LogP contribution is 2.26. The standard InChI is InChI=1S/C19H27ClN6O/c1-14(2)23-9-11-24(12-10-23)18(27)15-5-3-7-25(13-15)19-22-21-17-16(20)6-4-8-26(17)19/h4,6,8,14-15H,3,5,7,9-13H2,1-2H3. The fourth-order valence-electron chi connectivity index (χ4n) is 4.16. The summed E-state index contributed by atoms with van der Waals surface area (Å²) in [6.07, 6.45) is 3.85. The Bertz CT molecular complexity index is 814. The van der Waals surface area contributed by atoms with Crippen LogP contribution in [0.2, 0.25) is 5.02 Å². The quantitative estimate of drug-likeness (QED) is 0.803. The highest BCUT2D eigenvalue weighted by Gasteiger charge is 2.32. The Balaban J connectivity index is 1.45. The molecule has 4 heterocycles. The molecule has 0 radical (unpaired) electrons. The second kappa shape index (κ2) is 7.64. The smallest absolute Gasteiger partial charge is 0.231 e. The van der Waals surface area contributed by atoms with Crippen LogP contribution in [0.1, 0.15) is 26.7 Å². The molecule has 0 aliphatic carbocycles. The highest BCUT2D eigenvalue weighted by atomic mass is 35.5. The minimum absolute atomic E-state index is 0.0240. The zero-order valence-corrected chi connectivity index (χ0v) is 16.8. The van der Waals surface area contributed by atoms with Gasteiger partial charge in [-0.2, -0.15) is 0 Å². The molecule has 0 N–H and O–H groups in total. The van der Waals surface area contributed by atoms with E-state index >= 15 is 0 Å². The Morgan fingerprint density at radius 1 is 1.19 bits per heavy atom. The van der Waals surface area contributed by atoms with E-state index in [0.29, 0.717) is 23.3 Å². The van der Waals surface area contributed by atoms with Crippen LogP contribution in [0.5, 0.6) is 0 Å². The van der Waals surface area contributed by atoms with Crippen molar-refractivity contribution < 1.29 is 4.79 Å². The fourth-order valence-corrected chi connectivity index (χ4v) is 4.37. The Morgan fingerprint density at radius 3 is 2.70 bits per heavy atom. The van der Waals surface area contributed by atoms with Crippen molar-refractivity contribution in [3.63, 3.8) is 0 Å². The topological polar surface area (TPSA) is 57.0 Å². The van der Waals surface area contributed by atoms with Crippen molar-refractivity contribution in [2.45, 2.75) is 32.7 Å². The largest absolute Gasteiger partial charge is 0.340 e. The van der Waals surface area contributed by atoms with Crippen LogP contribution in [0, 0.1) is 5.92 Å². The van der Waals surface area contributed by atoms with Crippen LogP contribution in [0.25, 0.3) is 5.65 Å². The van der Waals surface area contributed by atoms with Gasteiger partial charge in [0.15, 0.2) is 5.65 Å². The first kappa shape index (κ1) is 18.5. The van der Waals surface area contributed by atoms with E-state index in [1.165, 1.54) is 0 Å². The van der Waals surface area contributed by atoms with E-state index in [2.05, 4.69) is 33.8 Å². The number of carbonyl (C=O) groups is 1. The van der Waals surface area contributed by atoms with Gasteiger partial charge in [-0.1, -0.05) is 11.6 Å². The van der Waals surface area contributed by atoms with Crippen LogP contribution in [0.15, 0.2) is 18.3 Å². The van der Waals surface area contributed by atoms with Crippen LogP contribution in [-0.2, 0) is 4.79 Å². The van der Waals surface area contributed by atoms with Crippen LogP contribution in [-0.4, -0.2) is 75.6 Å². The molecule has 2 saturated heterocycles. The van der Waals surface area contributed by atoms with E-state index in [9.17, 15) is 4.79 Å². The molecule has 2 aromatic heterocycles. The van der Waals surface area contributed by atoms with E-state index in [-0.39, 0.29) is 11.8 Å². The molecule has 0 spiro atoms. The first-order valence-corrected chi connectivity index (χ1v) is 10.2. The van der Waals surface area contributed by atoms with Crippen molar-refractivity contribution in [2.75, 3.05) is 44.2 Å². The van der Waals surface area contributed by atoms with Gasteiger partial charge in [0.25, 0.3) is 0 Å². The summed E-state index contributed by atoms with van der Waals surface area (Å²) in [5.74, 6) is 1.08. The maximum Gasteiger partial charge on any atom is 0.231 e. The number of nitrogens with zero attached hydrogens (tertiary/aromatic N) is 6. The summed E-state index contributed by atoms with van der Waals surface area (Å²) >= 11 is 6.22. The molecule has 8 heteroatoms. The first-order valence-electron chi connectivity index (χ1n) is 9.81. The van der Waals surface area contributed by atoms with Crippen LogP contribution in [0.4, 0.5) is 5.95 Å². The molecule has 7 nitrogen and oxygen atoms in total. The molecule has 0 saturated carbocycles.